The van der Waals surface area contributed by atoms with Gasteiger partial charge in [-0.05, 0) is 44.0 Å². The fraction of sp³-hybridized carbons (Fsp3) is 0.583. The Kier molecular flexibility index (Phi) is 3.51. The third kappa shape index (κ3) is 2.76. The molecule has 104 valence electrons. The van der Waals surface area contributed by atoms with Gasteiger partial charge in [0, 0.05) is 18.8 Å². The van der Waals surface area contributed by atoms with Gasteiger partial charge in [0.05, 0.1) is 0 Å². The quantitative estimate of drug-likeness (QED) is 0.850. The predicted octanol–water partition coefficient (Wildman–Crippen LogP) is 1.11. The Bertz CT molecular complexity index is 553. The molecule has 3 fully saturated rings. The highest BCUT2D eigenvalue weighted by molar-refractivity contribution is 7.89. The van der Waals surface area contributed by atoms with Crippen LogP contribution in [0.4, 0.5) is 0 Å². The summed E-state index contributed by atoms with van der Waals surface area (Å²) in [7, 11) is -3.50. The summed E-state index contributed by atoms with van der Waals surface area (Å²) in [5.41, 5.74) is 0. The summed E-state index contributed by atoms with van der Waals surface area (Å²) in [5, 5.41) is 0.293. The first kappa shape index (κ1) is 13.3. The molecule has 7 heteroatoms. The van der Waals surface area contributed by atoms with Crippen LogP contribution in [0.25, 0.3) is 0 Å². The summed E-state index contributed by atoms with van der Waals surface area (Å²) < 4.78 is 27.4. The number of nitrogens with one attached hydrogen (secondary N) is 1. The Balaban J connectivity index is 1.76. The second-order valence-electron chi connectivity index (χ2n) is 5.18. The Hall–Kier alpha value is -0.690. The monoisotopic (exact) mass is 301 g/mol. The van der Waals surface area contributed by atoms with Crippen molar-refractivity contribution in [3.8, 4) is 0 Å². The van der Waals surface area contributed by atoms with Gasteiger partial charge in [-0.15, -0.1) is 0 Å². The lowest BCUT2D eigenvalue weighted by molar-refractivity contribution is 0.0827. The van der Waals surface area contributed by atoms with E-state index >= 15 is 0 Å². The van der Waals surface area contributed by atoms with Gasteiger partial charge >= 0.3 is 0 Å². The molecule has 1 N–H and O–H groups in total. The van der Waals surface area contributed by atoms with E-state index in [9.17, 15) is 8.42 Å². The number of sulfonamides is 1. The van der Waals surface area contributed by atoms with Crippen molar-refractivity contribution in [2.75, 3.05) is 19.6 Å². The van der Waals surface area contributed by atoms with Crippen LogP contribution in [-0.4, -0.2) is 44.0 Å². The fourth-order valence-corrected chi connectivity index (χ4v) is 4.24. The van der Waals surface area contributed by atoms with Gasteiger partial charge in [-0.2, -0.15) is 0 Å². The zero-order valence-corrected chi connectivity index (χ0v) is 12.0. The van der Waals surface area contributed by atoms with E-state index in [1.165, 1.54) is 18.3 Å². The summed E-state index contributed by atoms with van der Waals surface area (Å²) in [5.74, 6) is 0.458. The number of hydrogen-bond acceptors (Lipinski definition) is 4. The van der Waals surface area contributed by atoms with Crippen molar-refractivity contribution in [3.63, 3.8) is 0 Å². The maximum Gasteiger partial charge on any atom is 0.242 e. The molecule has 1 atom stereocenters. The molecule has 0 spiro atoms. The number of pyridine rings is 1. The first-order valence-electron chi connectivity index (χ1n) is 6.41. The maximum absolute atomic E-state index is 12.3. The maximum atomic E-state index is 12.3. The Morgan fingerprint density at radius 1 is 1.32 bits per heavy atom. The average Bonchev–Trinajstić information content (AvgIpc) is 2.40. The molecule has 5 nitrogen and oxygen atoms in total. The molecule has 1 unspecified atom stereocenters. The molecule has 0 aromatic carbocycles. The lowest BCUT2D eigenvalue weighted by atomic mass is 9.85. The molecule has 1 aromatic rings. The van der Waals surface area contributed by atoms with Gasteiger partial charge < -0.3 is 4.90 Å². The summed E-state index contributed by atoms with van der Waals surface area (Å²) in [6, 6.07) is 2.99. The normalized spacial score (nSPS) is 30.5. The summed E-state index contributed by atoms with van der Waals surface area (Å²) in [4.78, 5) is 6.31. The van der Waals surface area contributed by atoms with E-state index in [0.717, 1.165) is 32.5 Å². The van der Waals surface area contributed by atoms with Gasteiger partial charge in [-0.25, -0.2) is 18.1 Å². The molecule has 4 rings (SSSR count). The topological polar surface area (TPSA) is 62.3 Å². The van der Waals surface area contributed by atoms with E-state index in [2.05, 4.69) is 14.6 Å². The van der Waals surface area contributed by atoms with Gasteiger partial charge in [0.1, 0.15) is 10.0 Å². The highest BCUT2D eigenvalue weighted by atomic mass is 35.5. The summed E-state index contributed by atoms with van der Waals surface area (Å²) in [6.45, 7) is 2.99. The fourth-order valence-electron chi connectivity index (χ4n) is 2.89. The van der Waals surface area contributed by atoms with Crippen LogP contribution in [0.15, 0.2) is 23.2 Å². The molecule has 3 aliphatic rings. The molecule has 1 aromatic heterocycles. The number of aromatic nitrogens is 1. The number of fused-ring (bicyclic) bond motifs is 3. The molecule has 3 saturated heterocycles. The van der Waals surface area contributed by atoms with Crippen molar-refractivity contribution in [2.45, 2.75) is 23.8 Å². The van der Waals surface area contributed by atoms with Crippen LogP contribution >= 0.6 is 11.6 Å². The molecule has 0 radical (unpaired) electrons. The second kappa shape index (κ2) is 5.01. The van der Waals surface area contributed by atoms with Crippen molar-refractivity contribution in [1.29, 1.82) is 0 Å². The van der Waals surface area contributed by atoms with Gasteiger partial charge in [-0.1, -0.05) is 11.6 Å². The van der Waals surface area contributed by atoms with Gasteiger partial charge in [-0.3, -0.25) is 0 Å². The van der Waals surface area contributed by atoms with Crippen molar-refractivity contribution in [1.82, 2.24) is 14.6 Å². The standard InChI is InChI=1S/C12H16ClN3O2S/c13-12-2-1-10(7-14-12)19(17,18)15-11-8-16-5-3-9(11)4-6-16/h1-2,7,9,11,15H,3-6,8H2. The zero-order valence-electron chi connectivity index (χ0n) is 10.4. The van der Waals surface area contributed by atoms with Gasteiger partial charge in [0.25, 0.3) is 0 Å². The van der Waals surface area contributed by atoms with E-state index in [4.69, 9.17) is 11.6 Å². The minimum atomic E-state index is -3.50. The second-order valence-corrected chi connectivity index (χ2v) is 7.28. The van der Waals surface area contributed by atoms with Crippen LogP contribution in [0.3, 0.4) is 0 Å². The van der Waals surface area contributed by atoms with E-state index < -0.39 is 10.0 Å². The highest BCUT2D eigenvalue weighted by Gasteiger charge is 2.36. The van der Waals surface area contributed by atoms with E-state index in [1.54, 1.807) is 0 Å². The van der Waals surface area contributed by atoms with Crippen LogP contribution in [-0.2, 0) is 10.0 Å². The number of piperidine rings is 3. The molecule has 4 heterocycles. The van der Waals surface area contributed by atoms with Crippen molar-refractivity contribution >= 4 is 21.6 Å². The minimum absolute atomic E-state index is 0.0168. The molecular weight excluding hydrogens is 286 g/mol. The molecule has 2 bridgehead atoms. The van der Waals surface area contributed by atoms with E-state index in [0.29, 0.717) is 11.1 Å². The molecule has 19 heavy (non-hydrogen) atoms. The molecule has 0 aliphatic carbocycles. The zero-order chi connectivity index (χ0) is 13.5. The first-order valence-corrected chi connectivity index (χ1v) is 8.27. The van der Waals surface area contributed by atoms with Gasteiger partial charge in [0.2, 0.25) is 10.0 Å². The van der Waals surface area contributed by atoms with Crippen molar-refractivity contribution in [2.24, 2.45) is 5.92 Å². The highest BCUT2D eigenvalue weighted by Crippen LogP contribution is 2.28. The SMILES string of the molecule is O=S(=O)(NC1CN2CCC1CC2)c1ccc(Cl)nc1. The largest absolute Gasteiger partial charge is 0.302 e. The summed E-state index contributed by atoms with van der Waals surface area (Å²) >= 11 is 5.67. The minimum Gasteiger partial charge on any atom is -0.302 e. The van der Waals surface area contributed by atoms with Crippen LogP contribution in [0, 0.1) is 5.92 Å². The van der Waals surface area contributed by atoms with Gasteiger partial charge in [0.15, 0.2) is 0 Å². The van der Waals surface area contributed by atoms with Crippen LogP contribution in [0.2, 0.25) is 5.15 Å². The summed E-state index contributed by atoms with van der Waals surface area (Å²) in [6.07, 6.45) is 3.45. The molecular formula is C12H16ClN3O2S. The lowest BCUT2D eigenvalue weighted by Crippen LogP contribution is -2.57. The lowest BCUT2D eigenvalue weighted by Gasteiger charge is -2.44. The third-order valence-corrected chi connectivity index (χ3v) is 5.67. The van der Waals surface area contributed by atoms with Crippen LogP contribution < -0.4 is 4.72 Å². The number of nitrogens with zero attached hydrogens (tertiary/aromatic N) is 2. The predicted molar refractivity (Wildman–Crippen MR) is 72.5 cm³/mol. The molecule has 3 aliphatic heterocycles. The third-order valence-electron chi connectivity index (χ3n) is 3.97. The van der Waals surface area contributed by atoms with Crippen molar-refractivity contribution in [3.05, 3.63) is 23.5 Å². The number of hydrogen-bond donors (Lipinski definition) is 1. The van der Waals surface area contributed by atoms with E-state index in [-0.39, 0.29) is 10.9 Å². The molecule has 0 saturated carbocycles. The number of halogens is 1. The average molecular weight is 302 g/mol. The van der Waals surface area contributed by atoms with Crippen LogP contribution in [0.1, 0.15) is 12.8 Å². The molecule has 0 amide bonds. The Morgan fingerprint density at radius 2 is 2.05 bits per heavy atom. The Labute approximate surface area is 118 Å². The first-order chi connectivity index (χ1) is 9.04. The van der Waals surface area contributed by atoms with Crippen LogP contribution in [0.5, 0.6) is 0 Å². The smallest absolute Gasteiger partial charge is 0.242 e. The van der Waals surface area contributed by atoms with Crippen molar-refractivity contribution < 1.29 is 8.42 Å². The van der Waals surface area contributed by atoms with E-state index in [1.807, 2.05) is 0 Å². The Morgan fingerprint density at radius 3 is 2.58 bits per heavy atom. The number of rotatable bonds is 3.